The minimum Gasteiger partial charge on any atom is -0.466 e. The van der Waals surface area contributed by atoms with Crippen molar-refractivity contribution in [1.82, 2.24) is 0 Å². The highest BCUT2D eigenvalue weighted by Crippen LogP contribution is 2.31. The van der Waals surface area contributed by atoms with Gasteiger partial charge < -0.3 is 14.4 Å². The van der Waals surface area contributed by atoms with Crippen molar-refractivity contribution in [3.63, 3.8) is 0 Å². The predicted octanol–water partition coefficient (Wildman–Crippen LogP) is 5.08. The summed E-state index contributed by atoms with van der Waals surface area (Å²) < 4.78 is 10.1. The fourth-order valence-electron chi connectivity index (χ4n) is 3.95. The third-order valence-corrected chi connectivity index (χ3v) is 5.69. The molecule has 0 unspecified atom stereocenters. The molecule has 6 heteroatoms. The Labute approximate surface area is 194 Å². The highest BCUT2D eigenvalue weighted by Gasteiger charge is 2.28. The number of methoxy groups -OCH3 is 1. The van der Waals surface area contributed by atoms with Gasteiger partial charge in [-0.25, -0.2) is 9.59 Å². The molecular weight excluding hydrogens is 418 g/mol. The van der Waals surface area contributed by atoms with Gasteiger partial charge in [-0.2, -0.15) is 0 Å². The van der Waals surface area contributed by atoms with Gasteiger partial charge in [0.15, 0.2) is 0 Å². The van der Waals surface area contributed by atoms with Crippen LogP contribution >= 0.6 is 0 Å². The monoisotopic (exact) mass is 447 g/mol. The van der Waals surface area contributed by atoms with Gasteiger partial charge in [0.25, 0.3) is 0 Å². The minimum absolute atomic E-state index is 0.0455. The molecule has 3 rings (SSSR count). The summed E-state index contributed by atoms with van der Waals surface area (Å²) in [5.74, 6) is -0.605. The Morgan fingerprint density at radius 3 is 2.52 bits per heavy atom. The van der Waals surface area contributed by atoms with Gasteiger partial charge in [0.05, 0.1) is 13.7 Å². The van der Waals surface area contributed by atoms with Crippen molar-refractivity contribution in [1.29, 1.82) is 0 Å². The van der Waals surface area contributed by atoms with Crippen LogP contribution in [0.3, 0.4) is 0 Å². The first kappa shape index (κ1) is 24.0. The van der Waals surface area contributed by atoms with Crippen LogP contribution in [0.5, 0.6) is 5.75 Å². The number of hydrogen-bond acceptors (Lipinski definition) is 5. The number of benzene rings is 2. The molecule has 0 bridgehead atoms. The van der Waals surface area contributed by atoms with E-state index >= 15 is 0 Å². The fourth-order valence-corrected chi connectivity index (χ4v) is 3.95. The lowest BCUT2D eigenvalue weighted by molar-refractivity contribution is -0.134. The van der Waals surface area contributed by atoms with Crippen LogP contribution in [-0.4, -0.2) is 25.0 Å². The number of hydrogen-bond donors (Lipinski definition) is 0. The van der Waals surface area contributed by atoms with Crippen LogP contribution in [0.15, 0.2) is 67.3 Å². The number of ether oxygens (including phenoxy) is 2. The van der Waals surface area contributed by atoms with Crippen molar-refractivity contribution < 1.29 is 23.9 Å². The van der Waals surface area contributed by atoms with E-state index < -0.39 is 11.9 Å². The standard InChI is InChI=1S/C27H29NO5/c1-3-25(29)33-24-15-8-7-13-22(24)19-28(27(31)21-11-5-4-6-12-21)23-14-9-10-20(18-23)16-17-26(30)32-2/h3,7-10,13-18,21H,1,4-6,11-12,19H2,2H3/b17-16+. The van der Waals surface area contributed by atoms with Crippen molar-refractivity contribution in [2.75, 3.05) is 12.0 Å². The number of rotatable bonds is 8. The zero-order valence-corrected chi connectivity index (χ0v) is 18.9. The number of anilines is 1. The van der Waals surface area contributed by atoms with E-state index in [-0.39, 0.29) is 18.4 Å². The Bertz CT molecular complexity index is 1040. The second-order valence-electron chi connectivity index (χ2n) is 7.94. The van der Waals surface area contributed by atoms with Gasteiger partial charge in [-0.05, 0) is 42.7 Å². The van der Waals surface area contributed by atoms with Gasteiger partial charge in [-0.15, -0.1) is 0 Å². The lowest BCUT2D eigenvalue weighted by Gasteiger charge is -2.30. The quantitative estimate of drug-likeness (QED) is 0.321. The normalized spacial score (nSPS) is 14.0. The molecule has 0 radical (unpaired) electrons. The largest absolute Gasteiger partial charge is 0.466 e. The molecular formula is C27H29NO5. The smallest absolute Gasteiger partial charge is 0.335 e. The second-order valence-corrected chi connectivity index (χ2v) is 7.94. The third-order valence-electron chi connectivity index (χ3n) is 5.69. The topological polar surface area (TPSA) is 72.9 Å². The van der Waals surface area contributed by atoms with Crippen LogP contribution < -0.4 is 9.64 Å². The number of amides is 1. The molecule has 6 nitrogen and oxygen atoms in total. The molecule has 0 spiro atoms. The maximum Gasteiger partial charge on any atom is 0.335 e. The Hall–Kier alpha value is -3.67. The molecule has 2 aromatic rings. The van der Waals surface area contributed by atoms with Crippen LogP contribution in [0, 0.1) is 5.92 Å². The molecule has 1 amide bonds. The van der Waals surface area contributed by atoms with E-state index in [2.05, 4.69) is 11.3 Å². The zero-order valence-electron chi connectivity index (χ0n) is 18.9. The maximum absolute atomic E-state index is 13.6. The van der Waals surface area contributed by atoms with Gasteiger partial charge in [0, 0.05) is 29.3 Å². The molecule has 0 heterocycles. The van der Waals surface area contributed by atoms with Gasteiger partial charge in [0.2, 0.25) is 5.91 Å². The van der Waals surface area contributed by atoms with E-state index in [9.17, 15) is 14.4 Å². The van der Waals surface area contributed by atoms with Crippen LogP contribution in [0.1, 0.15) is 43.2 Å². The molecule has 172 valence electrons. The SMILES string of the molecule is C=CC(=O)Oc1ccccc1CN(C(=O)C1CCCCC1)c1cccc(/C=C/C(=O)OC)c1. The lowest BCUT2D eigenvalue weighted by Crippen LogP contribution is -2.37. The lowest BCUT2D eigenvalue weighted by atomic mass is 9.88. The van der Waals surface area contributed by atoms with Gasteiger partial charge in [-0.1, -0.05) is 56.2 Å². The van der Waals surface area contributed by atoms with Crippen molar-refractivity contribution in [3.8, 4) is 5.75 Å². The highest BCUT2D eigenvalue weighted by atomic mass is 16.5. The number of esters is 2. The molecule has 1 aliphatic carbocycles. The van der Waals surface area contributed by atoms with Gasteiger partial charge in [-0.3, -0.25) is 4.79 Å². The number of carbonyl (C=O) groups is 3. The third kappa shape index (κ3) is 6.65. The zero-order chi connectivity index (χ0) is 23.6. The van der Waals surface area contributed by atoms with E-state index in [1.165, 1.54) is 13.2 Å². The summed E-state index contributed by atoms with van der Waals surface area (Å²) in [6, 6.07) is 14.6. The summed E-state index contributed by atoms with van der Waals surface area (Å²) >= 11 is 0. The van der Waals surface area contributed by atoms with Crippen LogP contribution in [0.4, 0.5) is 5.69 Å². The average molecular weight is 448 g/mol. The predicted molar refractivity (Wildman–Crippen MR) is 128 cm³/mol. The fraction of sp³-hybridized carbons (Fsp3) is 0.296. The molecule has 0 aliphatic heterocycles. The van der Waals surface area contributed by atoms with E-state index in [4.69, 9.17) is 4.74 Å². The second kappa shape index (κ2) is 11.8. The average Bonchev–Trinajstić information content (AvgIpc) is 2.86. The Kier molecular flexibility index (Phi) is 8.58. The molecule has 2 aromatic carbocycles. The van der Waals surface area contributed by atoms with Crippen molar-refractivity contribution >= 4 is 29.6 Å². The number of carbonyl (C=O) groups excluding carboxylic acids is 3. The van der Waals surface area contributed by atoms with Crippen LogP contribution in [0.2, 0.25) is 0 Å². The molecule has 33 heavy (non-hydrogen) atoms. The van der Waals surface area contributed by atoms with Crippen molar-refractivity contribution in [3.05, 3.63) is 78.4 Å². The summed E-state index contributed by atoms with van der Waals surface area (Å²) in [5.41, 5.74) is 2.19. The Balaban J connectivity index is 1.95. The highest BCUT2D eigenvalue weighted by molar-refractivity contribution is 5.95. The molecule has 0 aromatic heterocycles. The first-order valence-corrected chi connectivity index (χ1v) is 11.1. The summed E-state index contributed by atoms with van der Waals surface area (Å²) in [4.78, 5) is 38.7. The van der Waals surface area contributed by atoms with Gasteiger partial charge in [0.1, 0.15) is 5.75 Å². The molecule has 0 saturated heterocycles. The van der Waals surface area contributed by atoms with Crippen LogP contribution in [-0.2, 0) is 25.7 Å². The van der Waals surface area contributed by atoms with E-state index in [1.54, 1.807) is 23.1 Å². The Morgan fingerprint density at radius 1 is 1.03 bits per heavy atom. The molecule has 1 fully saturated rings. The van der Waals surface area contributed by atoms with Gasteiger partial charge >= 0.3 is 11.9 Å². The molecule has 0 atom stereocenters. The molecule has 1 saturated carbocycles. The first-order chi connectivity index (χ1) is 16.0. The van der Waals surface area contributed by atoms with E-state index in [0.29, 0.717) is 17.0 Å². The van der Waals surface area contributed by atoms with Crippen LogP contribution in [0.25, 0.3) is 6.08 Å². The minimum atomic E-state index is -0.553. The summed E-state index contributed by atoms with van der Waals surface area (Å²) in [6.07, 6.45) is 9.07. The first-order valence-electron chi connectivity index (χ1n) is 11.1. The summed E-state index contributed by atoms with van der Waals surface area (Å²) in [5, 5.41) is 0. The Morgan fingerprint density at radius 2 is 1.79 bits per heavy atom. The summed E-state index contributed by atoms with van der Waals surface area (Å²) in [6.45, 7) is 3.70. The molecule has 0 N–H and O–H groups in total. The maximum atomic E-state index is 13.6. The van der Waals surface area contributed by atoms with E-state index in [1.807, 2.05) is 36.4 Å². The summed E-state index contributed by atoms with van der Waals surface area (Å²) in [7, 11) is 1.32. The van der Waals surface area contributed by atoms with Crippen molar-refractivity contribution in [2.45, 2.75) is 38.6 Å². The van der Waals surface area contributed by atoms with Crippen molar-refractivity contribution in [2.24, 2.45) is 5.92 Å². The van der Waals surface area contributed by atoms with E-state index in [0.717, 1.165) is 43.7 Å². The number of para-hydroxylation sites is 1. The number of nitrogens with zero attached hydrogens (tertiary/aromatic N) is 1. The molecule has 1 aliphatic rings.